The molecule has 0 aromatic heterocycles. The molecule has 0 aliphatic heterocycles. The van der Waals surface area contributed by atoms with Crippen molar-refractivity contribution in [2.75, 3.05) is 0 Å². The summed E-state index contributed by atoms with van der Waals surface area (Å²) in [6.07, 6.45) is 0. The second-order valence-corrected chi connectivity index (χ2v) is 0. The molecule has 0 nitrogen and oxygen atoms in total. The second-order valence-electron chi connectivity index (χ2n) is 0. The third-order valence-electron chi connectivity index (χ3n) is 0. The first-order valence-corrected chi connectivity index (χ1v) is 2.00. The van der Waals surface area contributed by atoms with Gasteiger partial charge in [-0.2, -0.15) is 0 Å². The summed E-state index contributed by atoms with van der Waals surface area (Å²) in [5.41, 5.74) is 0. The molecule has 0 fully saturated rings. The van der Waals surface area contributed by atoms with Crippen LogP contribution < -0.4 is 4.70 Å². The summed E-state index contributed by atoms with van der Waals surface area (Å²) >= 11 is 0. The highest BCUT2D eigenvalue weighted by Crippen LogP contribution is 1.15. The van der Waals surface area contributed by atoms with Crippen LogP contribution in [0.2, 0.25) is 0 Å². The van der Waals surface area contributed by atoms with Crippen LogP contribution in [0.5, 0.6) is 0 Å². The van der Waals surface area contributed by atoms with Crippen molar-refractivity contribution in [2.45, 2.75) is 42.5 Å². The van der Waals surface area contributed by atoms with E-state index in [0.717, 1.165) is 0 Å². The number of hydrogen-bond donors (Lipinski definition) is 0. The molecule has 0 radical (unpaired) electrons. The largest absolute Gasteiger partial charge is 1.00 e. The van der Waals surface area contributed by atoms with E-state index in [0.29, 0.717) is 0 Å². The summed E-state index contributed by atoms with van der Waals surface area (Å²) in [4.78, 5) is 0. The molecular formula is C6H20F-. The highest BCUT2D eigenvalue weighted by Gasteiger charge is 0.934. The van der Waals surface area contributed by atoms with E-state index in [1.54, 1.807) is 0 Å². The fraction of sp³-hybridized carbons (Fsp3) is 1.00. The van der Waals surface area contributed by atoms with Crippen LogP contribution in [0.1, 0.15) is 42.5 Å². The van der Waals surface area contributed by atoms with Crippen LogP contribution >= 0.6 is 0 Å². The Morgan fingerprint density at radius 1 is 0.571 bits per heavy atom. The molecule has 0 spiro atoms. The Morgan fingerprint density at radius 3 is 0.571 bits per heavy atom. The third-order valence-corrected chi connectivity index (χ3v) is 0. The molecule has 0 aliphatic carbocycles. The van der Waals surface area contributed by atoms with Gasteiger partial charge in [-0.25, -0.2) is 0 Å². The van der Waals surface area contributed by atoms with E-state index in [-0.39, 0.29) is 19.6 Å². The number of rotatable bonds is 0. The highest BCUT2D eigenvalue weighted by atomic mass is 19.0. The lowest BCUT2D eigenvalue weighted by atomic mass is 11.0. The first-order valence-electron chi connectivity index (χ1n) is 2.00. The standard InChI is InChI=1S/2C2H6.2CH4.FH/c2*1-2;;;/h2*1-2H3;2*1H4;1H/p-1. The minimum Gasteiger partial charge on any atom is -1.00 e. The topological polar surface area (TPSA) is 0 Å². The average Bonchev–Trinajstić information content (AvgIpc) is 1.50. The Morgan fingerprint density at radius 2 is 0.571 bits per heavy atom. The Hall–Kier alpha value is -0.0700. The van der Waals surface area contributed by atoms with Crippen molar-refractivity contribution in [3.05, 3.63) is 0 Å². The molecule has 0 N–H and O–H groups in total. The molecule has 0 aliphatic rings. The Balaban J connectivity index is -0.00000000267. The number of halogens is 1. The fourth-order valence-corrected chi connectivity index (χ4v) is 0. The van der Waals surface area contributed by atoms with Crippen molar-refractivity contribution in [3.63, 3.8) is 0 Å². The molecule has 0 rings (SSSR count). The lowest BCUT2D eigenvalue weighted by molar-refractivity contribution is -0.00000194. The molecule has 0 aromatic rings. The van der Waals surface area contributed by atoms with Crippen molar-refractivity contribution in [3.8, 4) is 0 Å². The van der Waals surface area contributed by atoms with E-state index < -0.39 is 0 Å². The smallest absolute Gasteiger partial charge is 0.0683 e. The summed E-state index contributed by atoms with van der Waals surface area (Å²) in [5, 5.41) is 0. The van der Waals surface area contributed by atoms with E-state index in [2.05, 4.69) is 0 Å². The van der Waals surface area contributed by atoms with Crippen molar-refractivity contribution in [2.24, 2.45) is 0 Å². The van der Waals surface area contributed by atoms with Gasteiger partial charge in [0.1, 0.15) is 0 Å². The Kier molecular flexibility index (Phi) is 275000. The zero-order chi connectivity index (χ0) is 4.00. The van der Waals surface area contributed by atoms with Gasteiger partial charge in [0.15, 0.2) is 0 Å². The molecule has 1 heteroatoms. The maximum atomic E-state index is 2.00. The van der Waals surface area contributed by atoms with Crippen LogP contribution in [0.4, 0.5) is 0 Å². The summed E-state index contributed by atoms with van der Waals surface area (Å²) in [7, 11) is 0. The molecular weight excluding hydrogens is 91.1 g/mol. The van der Waals surface area contributed by atoms with Gasteiger partial charge in [-0.05, 0) is 0 Å². The van der Waals surface area contributed by atoms with Gasteiger partial charge in [-0.1, -0.05) is 42.5 Å². The molecule has 0 unspecified atom stereocenters. The van der Waals surface area contributed by atoms with Crippen molar-refractivity contribution in [1.29, 1.82) is 0 Å². The van der Waals surface area contributed by atoms with E-state index >= 15 is 0 Å². The lowest BCUT2D eigenvalue weighted by Gasteiger charge is -1.07. The van der Waals surface area contributed by atoms with Gasteiger partial charge in [-0.15, -0.1) is 0 Å². The second kappa shape index (κ2) is 29400. The first-order chi connectivity index (χ1) is 2.00. The van der Waals surface area contributed by atoms with Crippen LogP contribution in [0.15, 0.2) is 0 Å². The first kappa shape index (κ1) is 65.4. The highest BCUT2D eigenvalue weighted by molar-refractivity contribution is 3.51. The van der Waals surface area contributed by atoms with Crippen molar-refractivity contribution >= 4 is 0 Å². The molecule has 52 valence electrons. The monoisotopic (exact) mass is 111 g/mol. The SMILES string of the molecule is C.C.CC.CC.[F-]. The maximum Gasteiger partial charge on any atom is -0.0683 e. The van der Waals surface area contributed by atoms with Crippen LogP contribution in [0.3, 0.4) is 0 Å². The fourth-order valence-electron chi connectivity index (χ4n) is 0. The molecule has 0 saturated heterocycles. The van der Waals surface area contributed by atoms with Crippen LogP contribution in [0, 0.1) is 0 Å². The van der Waals surface area contributed by atoms with E-state index in [1.165, 1.54) is 0 Å². The predicted octanol–water partition coefficient (Wildman–Crippen LogP) is 0.329. The lowest BCUT2D eigenvalue weighted by Crippen LogP contribution is -3.00. The van der Waals surface area contributed by atoms with Gasteiger partial charge in [0, 0.05) is 0 Å². The van der Waals surface area contributed by atoms with Gasteiger partial charge in [0.25, 0.3) is 0 Å². The van der Waals surface area contributed by atoms with E-state index in [1.807, 2.05) is 27.7 Å². The van der Waals surface area contributed by atoms with Crippen LogP contribution in [0.25, 0.3) is 0 Å². The molecule has 0 saturated carbocycles. The zero-order valence-corrected chi connectivity index (χ0v) is 4.38. The summed E-state index contributed by atoms with van der Waals surface area (Å²) in [6, 6.07) is 0. The zero-order valence-electron chi connectivity index (χ0n) is 4.38. The molecule has 0 atom stereocenters. The molecule has 0 amide bonds. The minimum absolute atomic E-state index is 0. The Labute approximate surface area is 48.3 Å². The maximum absolute atomic E-state index is 2.00. The van der Waals surface area contributed by atoms with Gasteiger partial charge >= 0.3 is 0 Å². The molecule has 0 heterocycles. The molecule has 0 bridgehead atoms. The normalized spacial score (nSPS) is 1.71. The number of hydrogen-bond acceptors (Lipinski definition) is 0. The summed E-state index contributed by atoms with van der Waals surface area (Å²) in [6.45, 7) is 8.00. The van der Waals surface area contributed by atoms with Crippen LogP contribution in [-0.4, -0.2) is 0 Å². The minimum atomic E-state index is 0. The van der Waals surface area contributed by atoms with Gasteiger partial charge in [-0.3, -0.25) is 0 Å². The van der Waals surface area contributed by atoms with Gasteiger partial charge in [0.05, 0.1) is 0 Å². The van der Waals surface area contributed by atoms with E-state index in [4.69, 9.17) is 0 Å². The molecule has 0 aromatic carbocycles. The van der Waals surface area contributed by atoms with Crippen molar-refractivity contribution in [1.82, 2.24) is 0 Å². The third kappa shape index (κ3) is 18700. The van der Waals surface area contributed by atoms with Crippen molar-refractivity contribution < 1.29 is 4.70 Å². The van der Waals surface area contributed by atoms with E-state index in [9.17, 15) is 0 Å². The van der Waals surface area contributed by atoms with Gasteiger partial charge < -0.3 is 4.70 Å². The summed E-state index contributed by atoms with van der Waals surface area (Å²) in [5.74, 6) is 0. The van der Waals surface area contributed by atoms with Gasteiger partial charge in [0.2, 0.25) is 0 Å². The predicted molar refractivity (Wildman–Crippen MR) is 36.2 cm³/mol. The quantitative estimate of drug-likeness (QED) is 0.422. The van der Waals surface area contributed by atoms with Crippen LogP contribution in [-0.2, 0) is 0 Å². The Bertz CT molecular complexity index is 4.14. The summed E-state index contributed by atoms with van der Waals surface area (Å²) < 4.78 is 0. The average molecular weight is 111 g/mol. The molecule has 7 heavy (non-hydrogen) atoms.